The number of ether oxygens (including phenoxy) is 3. The highest BCUT2D eigenvalue weighted by atomic mass is 16.8. The van der Waals surface area contributed by atoms with Gasteiger partial charge in [-0.2, -0.15) is 5.06 Å². The van der Waals surface area contributed by atoms with Gasteiger partial charge in [-0.1, -0.05) is 0 Å². The van der Waals surface area contributed by atoms with Crippen LogP contribution in [0.3, 0.4) is 0 Å². The first kappa shape index (κ1) is 14.7. The first-order valence-corrected chi connectivity index (χ1v) is 7.30. The average Bonchev–Trinajstić information content (AvgIpc) is 3.02. The molecule has 3 aliphatic rings. The van der Waals surface area contributed by atoms with Gasteiger partial charge >= 0.3 is 0 Å². The number of rotatable bonds is 3. The zero-order valence-electron chi connectivity index (χ0n) is 12.7. The van der Waals surface area contributed by atoms with E-state index in [-0.39, 0.29) is 24.9 Å². The molecule has 0 bridgehead atoms. The summed E-state index contributed by atoms with van der Waals surface area (Å²) in [6.07, 6.45) is -0.159. The van der Waals surface area contributed by atoms with Crippen LogP contribution in [0.5, 0.6) is 0 Å². The normalized spacial score (nSPS) is 41.2. The summed E-state index contributed by atoms with van der Waals surface area (Å²) in [5, 5.41) is 11.5. The number of hydrogen-bond donors (Lipinski definition) is 1. The van der Waals surface area contributed by atoms with Gasteiger partial charge in [-0.25, -0.2) is 0 Å². The van der Waals surface area contributed by atoms with Crippen LogP contribution in [0.25, 0.3) is 0 Å². The van der Waals surface area contributed by atoms with E-state index in [0.29, 0.717) is 25.7 Å². The molecule has 0 aromatic heterocycles. The van der Waals surface area contributed by atoms with Crippen LogP contribution in [0.1, 0.15) is 27.7 Å². The van der Waals surface area contributed by atoms with Crippen molar-refractivity contribution in [1.29, 1.82) is 0 Å². The van der Waals surface area contributed by atoms with Crippen molar-refractivity contribution >= 4 is 0 Å². The second-order valence-corrected chi connectivity index (χ2v) is 7.01. The molecule has 0 aromatic carbocycles. The van der Waals surface area contributed by atoms with Crippen LogP contribution in [0.15, 0.2) is 0 Å². The number of hydroxylamine groups is 2. The van der Waals surface area contributed by atoms with E-state index in [2.05, 4.69) is 0 Å². The molecule has 0 saturated carbocycles. The van der Waals surface area contributed by atoms with Gasteiger partial charge in [0.1, 0.15) is 12.2 Å². The molecule has 3 rings (SSSR count). The third-order valence-corrected chi connectivity index (χ3v) is 4.40. The molecule has 116 valence electrons. The molecule has 0 unspecified atom stereocenters. The Morgan fingerprint density at radius 1 is 1.25 bits per heavy atom. The fourth-order valence-corrected chi connectivity index (χ4v) is 3.29. The zero-order valence-corrected chi connectivity index (χ0v) is 12.7. The maximum Gasteiger partial charge on any atom is 0.163 e. The van der Waals surface area contributed by atoms with Crippen molar-refractivity contribution in [2.75, 3.05) is 26.4 Å². The molecule has 3 saturated heterocycles. The van der Waals surface area contributed by atoms with Gasteiger partial charge in [0.2, 0.25) is 0 Å². The molecular formula is C14H25NO5. The number of fused-ring (bicyclic) bond motifs is 1. The molecule has 4 atom stereocenters. The molecule has 6 heteroatoms. The SMILES string of the molecule is CC1(C)OC[C@@H]([C@H]2OC[C@@H]3CON(C(C)(C)CO)[C@@H]32)O1. The third-order valence-electron chi connectivity index (χ3n) is 4.40. The van der Waals surface area contributed by atoms with Crippen LogP contribution in [0.2, 0.25) is 0 Å². The van der Waals surface area contributed by atoms with Gasteiger partial charge in [0.05, 0.1) is 38.0 Å². The van der Waals surface area contributed by atoms with Crippen LogP contribution in [0.4, 0.5) is 0 Å². The van der Waals surface area contributed by atoms with E-state index in [1.165, 1.54) is 0 Å². The van der Waals surface area contributed by atoms with E-state index in [0.717, 1.165) is 0 Å². The minimum absolute atomic E-state index is 0.0382. The van der Waals surface area contributed by atoms with Crippen molar-refractivity contribution in [3.63, 3.8) is 0 Å². The van der Waals surface area contributed by atoms with E-state index in [9.17, 15) is 5.11 Å². The van der Waals surface area contributed by atoms with Gasteiger partial charge in [0, 0.05) is 5.92 Å². The van der Waals surface area contributed by atoms with Crippen LogP contribution >= 0.6 is 0 Å². The van der Waals surface area contributed by atoms with Crippen molar-refractivity contribution in [2.45, 2.75) is 57.3 Å². The van der Waals surface area contributed by atoms with Crippen LogP contribution in [-0.4, -0.2) is 66.2 Å². The largest absolute Gasteiger partial charge is 0.394 e. The van der Waals surface area contributed by atoms with Gasteiger partial charge in [-0.3, -0.25) is 4.84 Å². The van der Waals surface area contributed by atoms with Gasteiger partial charge < -0.3 is 19.3 Å². The number of nitrogens with zero attached hydrogens (tertiary/aromatic N) is 1. The second-order valence-electron chi connectivity index (χ2n) is 7.01. The first-order chi connectivity index (χ1) is 9.34. The van der Waals surface area contributed by atoms with Crippen molar-refractivity contribution < 1.29 is 24.2 Å². The summed E-state index contributed by atoms with van der Waals surface area (Å²) >= 11 is 0. The second kappa shape index (κ2) is 4.90. The lowest BCUT2D eigenvalue weighted by Gasteiger charge is -2.38. The lowest BCUT2D eigenvalue weighted by Crippen LogP contribution is -2.55. The van der Waals surface area contributed by atoms with E-state index in [1.54, 1.807) is 0 Å². The van der Waals surface area contributed by atoms with Crippen LogP contribution < -0.4 is 0 Å². The van der Waals surface area contributed by atoms with Crippen molar-refractivity contribution in [3.05, 3.63) is 0 Å². The molecule has 3 fully saturated rings. The fraction of sp³-hybridized carbons (Fsp3) is 1.00. The minimum atomic E-state index is -0.553. The van der Waals surface area contributed by atoms with Gasteiger partial charge in [0.25, 0.3) is 0 Å². The zero-order chi connectivity index (χ0) is 14.5. The summed E-state index contributed by atoms with van der Waals surface area (Å²) in [7, 11) is 0. The Kier molecular flexibility index (Phi) is 3.60. The number of aliphatic hydroxyl groups excluding tert-OH is 1. The fourth-order valence-electron chi connectivity index (χ4n) is 3.29. The Hall–Kier alpha value is -0.240. The number of hydrogen-bond acceptors (Lipinski definition) is 6. The highest BCUT2D eigenvalue weighted by Crippen LogP contribution is 2.40. The molecule has 0 aromatic rings. The van der Waals surface area contributed by atoms with Gasteiger partial charge in [-0.05, 0) is 27.7 Å². The Labute approximate surface area is 119 Å². The first-order valence-electron chi connectivity index (χ1n) is 7.30. The molecule has 6 nitrogen and oxygen atoms in total. The summed E-state index contributed by atoms with van der Waals surface area (Å²) in [4.78, 5) is 5.81. The van der Waals surface area contributed by atoms with Crippen molar-refractivity contribution in [2.24, 2.45) is 5.92 Å². The predicted octanol–water partition coefficient (Wildman–Crippen LogP) is 0.540. The van der Waals surface area contributed by atoms with Gasteiger partial charge in [0.15, 0.2) is 5.79 Å². The molecule has 3 aliphatic heterocycles. The van der Waals surface area contributed by atoms with E-state index in [4.69, 9.17) is 19.0 Å². The molecule has 0 amide bonds. The van der Waals surface area contributed by atoms with Crippen molar-refractivity contribution in [1.82, 2.24) is 5.06 Å². The Balaban J connectivity index is 1.77. The van der Waals surface area contributed by atoms with E-state index >= 15 is 0 Å². The minimum Gasteiger partial charge on any atom is -0.394 e. The summed E-state index contributed by atoms with van der Waals surface area (Å²) in [6.45, 7) is 9.67. The molecule has 1 N–H and O–H groups in total. The summed E-state index contributed by atoms with van der Waals surface area (Å²) in [5.41, 5.74) is -0.430. The smallest absolute Gasteiger partial charge is 0.163 e. The predicted molar refractivity (Wildman–Crippen MR) is 70.9 cm³/mol. The highest BCUT2D eigenvalue weighted by Gasteiger charge is 2.55. The summed E-state index contributed by atoms with van der Waals surface area (Å²) < 4.78 is 17.6. The Bertz CT molecular complexity index is 373. The molecular weight excluding hydrogens is 262 g/mol. The van der Waals surface area contributed by atoms with Crippen LogP contribution in [0, 0.1) is 5.92 Å². The average molecular weight is 287 g/mol. The standard InChI is InChI=1S/C14H25NO5/c1-13(2,8-16)15-11-9(6-19-15)5-17-12(11)10-7-18-14(3,4)20-10/h9-12,16H,5-8H2,1-4H3/t9-,10+,11+,12-/m1/s1. The molecule has 20 heavy (non-hydrogen) atoms. The van der Waals surface area contributed by atoms with E-state index in [1.807, 2.05) is 32.8 Å². The maximum atomic E-state index is 9.59. The molecule has 0 radical (unpaired) electrons. The summed E-state index contributed by atoms with van der Waals surface area (Å²) in [5.74, 6) is -0.221. The lowest BCUT2D eigenvalue weighted by molar-refractivity contribution is -0.228. The highest BCUT2D eigenvalue weighted by molar-refractivity contribution is 5.01. The van der Waals surface area contributed by atoms with Crippen molar-refractivity contribution in [3.8, 4) is 0 Å². The molecule has 3 heterocycles. The van der Waals surface area contributed by atoms with E-state index < -0.39 is 11.3 Å². The Morgan fingerprint density at radius 2 is 2.00 bits per heavy atom. The lowest BCUT2D eigenvalue weighted by atomic mass is 9.94. The topological polar surface area (TPSA) is 60.4 Å². The molecule has 0 aliphatic carbocycles. The third kappa shape index (κ3) is 2.38. The Morgan fingerprint density at radius 3 is 2.60 bits per heavy atom. The monoisotopic (exact) mass is 287 g/mol. The van der Waals surface area contributed by atoms with Gasteiger partial charge in [-0.15, -0.1) is 0 Å². The number of aliphatic hydroxyl groups is 1. The quantitative estimate of drug-likeness (QED) is 0.817. The summed E-state index contributed by atoms with van der Waals surface area (Å²) in [6, 6.07) is 0.111. The molecule has 0 spiro atoms. The maximum absolute atomic E-state index is 9.59. The van der Waals surface area contributed by atoms with Crippen LogP contribution in [-0.2, 0) is 19.0 Å².